The van der Waals surface area contributed by atoms with E-state index in [9.17, 15) is 23.1 Å². The van der Waals surface area contributed by atoms with Crippen LogP contribution >= 0.6 is 0 Å². The van der Waals surface area contributed by atoms with Crippen molar-refractivity contribution in [3.05, 3.63) is 29.8 Å². The molecule has 0 bridgehead atoms. The summed E-state index contributed by atoms with van der Waals surface area (Å²) in [4.78, 5) is 25.6. The van der Waals surface area contributed by atoms with Crippen molar-refractivity contribution in [1.29, 1.82) is 0 Å². The lowest BCUT2D eigenvalue weighted by Gasteiger charge is -2.42. The van der Waals surface area contributed by atoms with Crippen molar-refractivity contribution in [3.63, 3.8) is 0 Å². The van der Waals surface area contributed by atoms with Gasteiger partial charge in [0.25, 0.3) is 5.91 Å². The highest BCUT2D eigenvalue weighted by atomic mass is 32.2. The lowest BCUT2D eigenvalue weighted by molar-refractivity contribution is -0.152. The minimum Gasteiger partial charge on any atom is -0.508 e. The van der Waals surface area contributed by atoms with Crippen LogP contribution in [0.15, 0.2) is 24.3 Å². The summed E-state index contributed by atoms with van der Waals surface area (Å²) in [5, 5.41) is 9.44. The van der Waals surface area contributed by atoms with Crippen LogP contribution in [0.4, 0.5) is 0 Å². The smallest absolute Gasteiger partial charge is 0.362 e. The second-order valence-electron chi connectivity index (χ2n) is 5.52. The molecule has 0 aliphatic carbocycles. The third-order valence-corrected chi connectivity index (χ3v) is 5.11. The second-order valence-corrected chi connectivity index (χ2v) is 6.81. The first-order valence-electron chi connectivity index (χ1n) is 6.87. The lowest BCUT2D eigenvalue weighted by Crippen LogP contribution is -2.68. The summed E-state index contributed by atoms with van der Waals surface area (Å²) in [6.45, 7) is 0.165. The maximum absolute atomic E-state index is 12.5. The van der Waals surface area contributed by atoms with Gasteiger partial charge < -0.3 is 15.7 Å². The Morgan fingerprint density at radius 1 is 1.39 bits per heavy atom. The number of fused-ring (bicyclic) bond motifs is 1. The number of benzene rings is 1. The van der Waals surface area contributed by atoms with E-state index in [0.717, 1.165) is 0 Å². The van der Waals surface area contributed by atoms with Gasteiger partial charge in [-0.1, -0.05) is 12.1 Å². The molecule has 0 radical (unpaired) electrons. The summed E-state index contributed by atoms with van der Waals surface area (Å²) < 4.78 is 31.7. The van der Waals surface area contributed by atoms with Crippen LogP contribution in [0, 0.1) is 0 Å². The molecule has 4 N–H and O–H groups in total. The first kappa shape index (κ1) is 15.7. The number of phenolic OH excluding ortho intramolecular Hbond substituents is 1. The van der Waals surface area contributed by atoms with Gasteiger partial charge in [-0.2, -0.15) is 8.42 Å². The number of rotatable bonds is 3. The molecule has 2 aliphatic rings. The van der Waals surface area contributed by atoms with Crippen LogP contribution in [0.2, 0.25) is 0 Å². The Morgan fingerprint density at radius 2 is 2.09 bits per heavy atom. The van der Waals surface area contributed by atoms with E-state index in [0.29, 0.717) is 9.87 Å². The minimum absolute atomic E-state index is 0.0395. The van der Waals surface area contributed by atoms with E-state index in [1.807, 2.05) is 0 Å². The van der Waals surface area contributed by atoms with Crippen LogP contribution in [0.25, 0.3) is 0 Å². The molecule has 0 unspecified atom stereocenters. The molecule has 3 rings (SSSR count). The second kappa shape index (κ2) is 5.18. The van der Waals surface area contributed by atoms with E-state index in [1.54, 1.807) is 12.1 Å². The predicted octanol–water partition coefficient (Wildman–Crippen LogP) is -0.993. The van der Waals surface area contributed by atoms with Crippen molar-refractivity contribution in [1.82, 2.24) is 9.21 Å². The maximum Gasteiger partial charge on any atom is 0.362 e. The molecule has 1 aromatic carbocycles. The average molecular weight is 341 g/mol. The number of phenols is 1. The number of hydrogen-bond donors (Lipinski definition) is 3. The van der Waals surface area contributed by atoms with Crippen molar-refractivity contribution in [2.24, 2.45) is 5.73 Å². The van der Waals surface area contributed by atoms with E-state index in [-0.39, 0.29) is 18.7 Å². The zero-order chi connectivity index (χ0) is 16.9. The number of amides is 2. The highest BCUT2D eigenvalue weighted by molar-refractivity contribution is 7.84. The van der Waals surface area contributed by atoms with Crippen LogP contribution < -0.4 is 5.73 Å². The molecule has 124 valence electrons. The van der Waals surface area contributed by atoms with Gasteiger partial charge in [-0.3, -0.25) is 14.1 Å². The Labute approximate surface area is 132 Å². The van der Waals surface area contributed by atoms with Crippen molar-refractivity contribution in [3.8, 4) is 5.75 Å². The summed E-state index contributed by atoms with van der Waals surface area (Å²) in [5.74, 6) is -1.42. The van der Waals surface area contributed by atoms with Crippen LogP contribution in [0.3, 0.4) is 0 Å². The fraction of sp³-hybridized carbons (Fsp3) is 0.385. The number of likely N-dealkylation sites (tertiary alicyclic amines) is 1. The molecule has 23 heavy (non-hydrogen) atoms. The molecule has 0 saturated carbocycles. The summed E-state index contributed by atoms with van der Waals surface area (Å²) >= 11 is 0. The van der Waals surface area contributed by atoms with Crippen molar-refractivity contribution >= 4 is 22.1 Å². The molecular formula is C13H15N3O6S. The maximum atomic E-state index is 12.5. The molecule has 2 aliphatic heterocycles. The Morgan fingerprint density at radius 3 is 2.70 bits per heavy atom. The Hall–Kier alpha value is -2.17. The van der Waals surface area contributed by atoms with Gasteiger partial charge in [0, 0.05) is 6.54 Å². The molecule has 1 aromatic rings. The van der Waals surface area contributed by atoms with Crippen LogP contribution in [-0.2, 0) is 19.9 Å². The third kappa shape index (κ3) is 2.44. The number of aromatic hydroxyl groups is 1. The van der Waals surface area contributed by atoms with Crippen molar-refractivity contribution in [2.45, 2.75) is 24.5 Å². The molecule has 2 fully saturated rings. The van der Waals surface area contributed by atoms with Gasteiger partial charge in [-0.05, 0) is 24.1 Å². The number of nitrogens with zero attached hydrogens (tertiary/aromatic N) is 2. The third-order valence-electron chi connectivity index (χ3n) is 4.16. The molecule has 2 saturated heterocycles. The van der Waals surface area contributed by atoms with Gasteiger partial charge in [-0.25, -0.2) is 4.31 Å². The van der Waals surface area contributed by atoms with Gasteiger partial charge in [-0.15, -0.1) is 0 Å². The number of carbonyl (C=O) groups is 2. The Balaban J connectivity index is 1.79. The Kier molecular flexibility index (Phi) is 3.54. The zero-order valence-electron chi connectivity index (χ0n) is 11.9. The van der Waals surface area contributed by atoms with Crippen LogP contribution in [0.5, 0.6) is 5.75 Å². The summed E-state index contributed by atoms with van der Waals surface area (Å²) in [7, 11) is -4.62. The van der Waals surface area contributed by atoms with Crippen LogP contribution in [-0.4, -0.2) is 57.7 Å². The number of carbonyl (C=O) groups excluding carboxylic acids is 2. The van der Waals surface area contributed by atoms with Gasteiger partial charge in [0.05, 0.1) is 6.04 Å². The molecule has 9 nitrogen and oxygen atoms in total. The molecule has 0 aromatic heterocycles. The number of hydrogen-bond acceptors (Lipinski definition) is 6. The monoisotopic (exact) mass is 341 g/mol. The van der Waals surface area contributed by atoms with E-state index in [4.69, 9.17) is 10.3 Å². The summed E-state index contributed by atoms with van der Waals surface area (Å²) in [6.07, 6.45) is 0.245. The van der Waals surface area contributed by atoms with Gasteiger partial charge >= 0.3 is 10.3 Å². The van der Waals surface area contributed by atoms with E-state index in [2.05, 4.69) is 0 Å². The lowest BCUT2D eigenvalue weighted by atomic mass is 9.99. The molecule has 3 atom stereocenters. The highest BCUT2D eigenvalue weighted by Gasteiger charge is 2.60. The average Bonchev–Trinajstić information content (AvgIpc) is 2.82. The largest absolute Gasteiger partial charge is 0.508 e. The molecule has 2 amide bonds. The fourth-order valence-corrected chi connectivity index (χ4v) is 4.00. The highest BCUT2D eigenvalue weighted by Crippen LogP contribution is 2.36. The predicted molar refractivity (Wildman–Crippen MR) is 77.3 cm³/mol. The topological polar surface area (TPSA) is 141 Å². The Bertz CT molecular complexity index is 780. The van der Waals surface area contributed by atoms with Gasteiger partial charge in [0.15, 0.2) is 0 Å². The molecule has 2 heterocycles. The van der Waals surface area contributed by atoms with Gasteiger partial charge in [0.1, 0.15) is 17.8 Å². The first-order valence-corrected chi connectivity index (χ1v) is 8.27. The van der Waals surface area contributed by atoms with Gasteiger partial charge in [0.2, 0.25) is 5.91 Å². The molecule has 10 heteroatoms. The van der Waals surface area contributed by atoms with E-state index >= 15 is 0 Å². The fourth-order valence-electron chi connectivity index (χ4n) is 3.10. The quantitative estimate of drug-likeness (QED) is 0.473. The number of nitrogens with two attached hydrogens (primary N) is 1. The normalized spacial score (nSPS) is 25.0. The summed E-state index contributed by atoms with van der Waals surface area (Å²) in [6, 6.07) is 3.15. The standard InChI is InChI=1S/C13H15N3O6S/c14-10(7-2-1-3-8(17)6-7)12(18)15-5-4-9-11(15)13(19)16(9)23(20,21)22/h1-3,6,9-11,17H,4-5,14H2,(H,20,21,22)/t9-,10-,11+/m1/s1. The van der Waals surface area contributed by atoms with E-state index < -0.39 is 40.2 Å². The van der Waals surface area contributed by atoms with Crippen LogP contribution in [0.1, 0.15) is 18.0 Å². The summed E-state index contributed by atoms with van der Waals surface area (Å²) in [5.41, 5.74) is 6.28. The molecular weight excluding hydrogens is 326 g/mol. The number of β-lactam (4-membered cyclic amide) rings is 1. The van der Waals surface area contributed by atoms with E-state index in [1.165, 1.54) is 17.0 Å². The SMILES string of the molecule is N[C@@H](C(=O)N1CC[C@@H]2[C@H]1C(=O)N2S(=O)(=O)O)c1cccc(O)c1. The van der Waals surface area contributed by atoms with Crippen molar-refractivity contribution < 1.29 is 27.7 Å². The first-order chi connectivity index (χ1) is 10.7. The van der Waals surface area contributed by atoms with Crippen molar-refractivity contribution in [2.75, 3.05) is 6.54 Å². The zero-order valence-corrected chi connectivity index (χ0v) is 12.7. The molecule has 0 spiro atoms. The minimum atomic E-state index is -4.62.